The van der Waals surface area contributed by atoms with Gasteiger partial charge >= 0.3 is 5.97 Å². The Hall–Kier alpha value is -3.22. The summed E-state index contributed by atoms with van der Waals surface area (Å²) < 4.78 is 7.08. The Kier molecular flexibility index (Phi) is 10.5. The van der Waals surface area contributed by atoms with E-state index in [1.54, 1.807) is 16.3 Å². The minimum atomic E-state index is -0.353. The van der Waals surface area contributed by atoms with Gasteiger partial charge in [-0.15, -0.1) is 0 Å². The van der Waals surface area contributed by atoms with Crippen molar-refractivity contribution in [2.24, 2.45) is 5.84 Å². The van der Waals surface area contributed by atoms with Crippen LogP contribution in [0.15, 0.2) is 84.9 Å². The highest BCUT2D eigenvalue weighted by atomic mass is 32.1. The first-order valence-electron chi connectivity index (χ1n) is 13.4. The van der Waals surface area contributed by atoms with Crippen LogP contribution >= 0.6 is 11.3 Å². The first-order chi connectivity index (χ1) is 18.2. The number of para-hydroxylation sites is 1. The van der Waals surface area contributed by atoms with Crippen molar-refractivity contribution in [2.45, 2.75) is 63.9 Å². The molecular weight excluding hydrogens is 478 g/mol. The van der Waals surface area contributed by atoms with Gasteiger partial charge in [0.2, 0.25) is 5.13 Å². The van der Waals surface area contributed by atoms with Crippen LogP contribution in [0.4, 0.5) is 5.13 Å². The molecule has 0 saturated heterocycles. The molecule has 0 radical (unpaired) electrons. The summed E-state index contributed by atoms with van der Waals surface area (Å²) in [7, 11) is 0. The normalized spacial score (nSPS) is 11.2. The molecule has 0 unspecified atom stereocenters. The highest BCUT2D eigenvalue weighted by molar-refractivity contribution is 7.22. The van der Waals surface area contributed by atoms with Crippen LogP contribution in [0.2, 0.25) is 0 Å². The number of fused-ring (bicyclic) bond motifs is 1. The van der Waals surface area contributed by atoms with Crippen molar-refractivity contribution >= 4 is 32.7 Å². The number of ether oxygens (including phenoxy) is 1. The quantitative estimate of drug-likeness (QED) is 0.0756. The summed E-state index contributed by atoms with van der Waals surface area (Å²) in [6.45, 7) is 0.828. The monoisotopic (exact) mass is 515 g/mol. The number of hydrazine groups is 1. The Morgan fingerprint density at radius 1 is 0.757 bits per heavy atom. The van der Waals surface area contributed by atoms with Crippen LogP contribution in [0.25, 0.3) is 10.2 Å². The molecule has 0 amide bonds. The third-order valence-electron chi connectivity index (χ3n) is 6.51. The number of aromatic nitrogens is 1. The van der Waals surface area contributed by atoms with Gasteiger partial charge < -0.3 is 4.74 Å². The zero-order chi connectivity index (χ0) is 25.7. The lowest BCUT2D eigenvalue weighted by molar-refractivity contribution is -0.147. The van der Waals surface area contributed by atoms with E-state index in [2.05, 4.69) is 11.1 Å². The molecule has 0 atom stereocenters. The third-order valence-corrected chi connectivity index (χ3v) is 7.59. The highest BCUT2D eigenvalue weighted by Gasteiger charge is 2.18. The predicted molar refractivity (Wildman–Crippen MR) is 154 cm³/mol. The smallest absolute Gasteiger partial charge is 0.306 e. The minimum Gasteiger partial charge on any atom is -0.453 e. The number of esters is 1. The average molecular weight is 516 g/mol. The molecule has 6 heteroatoms. The molecule has 0 fully saturated rings. The van der Waals surface area contributed by atoms with E-state index < -0.39 is 0 Å². The van der Waals surface area contributed by atoms with Gasteiger partial charge in [0.1, 0.15) is 0 Å². The average Bonchev–Trinajstić information content (AvgIpc) is 3.38. The molecule has 0 spiro atoms. The molecule has 0 saturated carbocycles. The fourth-order valence-corrected chi connectivity index (χ4v) is 5.38. The zero-order valence-electron chi connectivity index (χ0n) is 21.4. The second-order valence-electron chi connectivity index (χ2n) is 9.43. The number of rotatable bonds is 15. The molecule has 0 aliphatic rings. The second kappa shape index (κ2) is 14.5. The molecule has 4 rings (SSSR count). The van der Waals surface area contributed by atoms with Crippen molar-refractivity contribution in [3.8, 4) is 0 Å². The first-order valence-corrected chi connectivity index (χ1v) is 14.2. The molecule has 194 valence electrons. The number of carbonyl (C=O) groups excluding carboxylic acids is 1. The molecular formula is C31H37N3O2S. The van der Waals surface area contributed by atoms with Crippen LogP contribution in [0, 0.1) is 0 Å². The molecule has 4 aromatic rings. The summed E-state index contributed by atoms with van der Waals surface area (Å²) in [6.07, 6.45) is 9.09. The van der Waals surface area contributed by atoms with Gasteiger partial charge in [-0.05, 0) is 36.1 Å². The molecule has 0 aliphatic heterocycles. The van der Waals surface area contributed by atoms with E-state index >= 15 is 0 Å². The number of unbranched alkanes of at least 4 members (excludes halogenated alkanes) is 7. The van der Waals surface area contributed by atoms with Gasteiger partial charge in [-0.2, -0.15) is 0 Å². The summed E-state index contributed by atoms with van der Waals surface area (Å²) in [5.41, 5.74) is 3.01. The lowest BCUT2D eigenvalue weighted by atomic mass is 10.0. The van der Waals surface area contributed by atoms with Crippen molar-refractivity contribution in [3.05, 3.63) is 96.1 Å². The molecule has 2 N–H and O–H groups in total. The van der Waals surface area contributed by atoms with Crippen LogP contribution in [0.1, 0.15) is 75.0 Å². The summed E-state index contributed by atoms with van der Waals surface area (Å²) in [5.74, 6) is 6.09. The zero-order valence-corrected chi connectivity index (χ0v) is 22.2. The molecule has 0 aliphatic carbocycles. The van der Waals surface area contributed by atoms with Crippen molar-refractivity contribution in [1.29, 1.82) is 0 Å². The van der Waals surface area contributed by atoms with Crippen molar-refractivity contribution in [3.63, 3.8) is 0 Å². The van der Waals surface area contributed by atoms with E-state index in [9.17, 15) is 4.79 Å². The number of carbonyl (C=O) groups is 1. The molecule has 0 bridgehead atoms. The van der Waals surface area contributed by atoms with Crippen LogP contribution in [-0.4, -0.2) is 17.5 Å². The van der Waals surface area contributed by atoms with E-state index in [4.69, 9.17) is 10.6 Å². The second-order valence-corrected chi connectivity index (χ2v) is 10.4. The maximum Gasteiger partial charge on any atom is 0.306 e. The Morgan fingerprint density at radius 2 is 1.30 bits per heavy atom. The molecule has 1 heterocycles. The molecule has 1 aromatic heterocycles. The molecule has 5 nitrogen and oxygen atoms in total. The SMILES string of the molecule is NN(CCCCCCCCCCC(=O)OC(c1ccccc1)c1ccccc1)c1nc2ccccc2s1. The van der Waals surface area contributed by atoms with Crippen molar-refractivity contribution < 1.29 is 9.53 Å². The fraction of sp³-hybridized carbons (Fsp3) is 0.355. The topological polar surface area (TPSA) is 68.5 Å². The predicted octanol–water partition coefficient (Wildman–Crippen LogP) is 7.82. The summed E-state index contributed by atoms with van der Waals surface area (Å²) in [6, 6.07) is 28.1. The lowest BCUT2D eigenvalue weighted by Crippen LogP contribution is -2.31. The van der Waals surface area contributed by atoms with E-state index in [0.717, 1.165) is 54.0 Å². The molecule has 37 heavy (non-hydrogen) atoms. The van der Waals surface area contributed by atoms with Gasteiger partial charge in [0.25, 0.3) is 0 Å². The number of thiazole rings is 1. The molecule has 3 aromatic carbocycles. The van der Waals surface area contributed by atoms with Gasteiger partial charge in [0.15, 0.2) is 6.10 Å². The van der Waals surface area contributed by atoms with Gasteiger partial charge in [0, 0.05) is 13.0 Å². The standard InChI is InChI=1S/C31H37N3O2S/c32-34(31-33-27-21-14-15-22-28(27)37-31)24-16-6-4-2-1-3-5-13-23-29(35)36-30(25-17-9-7-10-18-25)26-19-11-8-12-20-26/h7-12,14-15,17-22,30H,1-6,13,16,23-24,32H2. The van der Waals surface area contributed by atoms with E-state index in [-0.39, 0.29) is 12.1 Å². The van der Waals surface area contributed by atoms with Gasteiger partial charge in [-0.1, -0.05) is 123 Å². The van der Waals surface area contributed by atoms with E-state index in [1.165, 1.54) is 30.4 Å². The van der Waals surface area contributed by atoms with E-state index in [0.29, 0.717) is 6.42 Å². The summed E-state index contributed by atoms with van der Waals surface area (Å²) in [4.78, 5) is 17.2. The Balaban J connectivity index is 1.06. The van der Waals surface area contributed by atoms with Crippen LogP contribution in [-0.2, 0) is 9.53 Å². The summed E-state index contributed by atoms with van der Waals surface area (Å²) >= 11 is 1.64. The number of nitrogens with zero attached hydrogens (tertiary/aromatic N) is 2. The Bertz CT molecular complexity index is 1140. The van der Waals surface area contributed by atoms with Crippen LogP contribution < -0.4 is 10.9 Å². The number of hydrogen-bond acceptors (Lipinski definition) is 6. The summed E-state index contributed by atoms with van der Waals surface area (Å²) in [5, 5.41) is 2.67. The van der Waals surface area contributed by atoms with Crippen molar-refractivity contribution in [1.82, 2.24) is 4.98 Å². The maximum atomic E-state index is 12.6. The maximum absolute atomic E-state index is 12.6. The first kappa shape index (κ1) is 26.8. The minimum absolute atomic E-state index is 0.128. The number of hydrogen-bond donors (Lipinski definition) is 1. The van der Waals surface area contributed by atoms with Crippen LogP contribution in [0.3, 0.4) is 0 Å². The largest absolute Gasteiger partial charge is 0.453 e. The highest BCUT2D eigenvalue weighted by Crippen LogP contribution is 2.28. The third kappa shape index (κ3) is 8.41. The van der Waals surface area contributed by atoms with Crippen molar-refractivity contribution in [2.75, 3.05) is 11.6 Å². The van der Waals surface area contributed by atoms with Crippen LogP contribution in [0.5, 0.6) is 0 Å². The number of nitrogens with two attached hydrogens (primary N) is 1. The lowest BCUT2D eigenvalue weighted by Gasteiger charge is -2.19. The number of benzene rings is 3. The Labute approximate surface area is 224 Å². The Morgan fingerprint density at radius 3 is 1.92 bits per heavy atom. The van der Waals surface area contributed by atoms with E-state index in [1.807, 2.05) is 78.9 Å². The fourth-order valence-electron chi connectivity index (χ4n) is 4.47. The number of anilines is 1. The van der Waals surface area contributed by atoms with Gasteiger partial charge in [-0.3, -0.25) is 9.80 Å². The van der Waals surface area contributed by atoms with Gasteiger partial charge in [-0.25, -0.2) is 10.8 Å². The van der Waals surface area contributed by atoms with Gasteiger partial charge in [0.05, 0.1) is 10.2 Å².